The molecule has 1 saturated heterocycles. The zero-order valence-corrected chi connectivity index (χ0v) is 13.2. The second-order valence-corrected chi connectivity index (χ2v) is 5.84. The van der Waals surface area contributed by atoms with Crippen LogP contribution in [0.15, 0.2) is 0 Å². The van der Waals surface area contributed by atoms with Crippen LogP contribution in [0.3, 0.4) is 0 Å². The van der Waals surface area contributed by atoms with Crippen molar-refractivity contribution < 1.29 is 0 Å². The molecule has 5 nitrogen and oxygen atoms in total. The molecule has 0 radical (unpaired) electrons. The van der Waals surface area contributed by atoms with Gasteiger partial charge in [-0.05, 0) is 32.7 Å². The number of piperidine rings is 1. The van der Waals surface area contributed by atoms with Crippen LogP contribution in [0.25, 0.3) is 0 Å². The van der Waals surface area contributed by atoms with E-state index in [-0.39, 0.29) is 0 Å². The van der Waals surface area contributed by atoms with E-state index in [1.807, 2.05) is 7.05 Å². The second-order valence-electron chi connectivity index (χ2n) is 5.84. The van der Waals surface area contributed by atoms with Gasteiger partial charge in [0.05, 0.1) is 0 Å². The summed E-state index contributed by atoms with van der Waals surface area (Å²) in [6.45, 7) is 6.58. The van der Waals surface area contributed by atoms with E-state index in [1.54, 1.807) is 0 Å². The number of hydrogen-bond acceptors (Lipinski definition) is 4. The summed E-state index contributed by atoms with van der Waals surface area (Å²) in [7, 11) is 2.05. The summed E-state index contributed by atoms with van der Waals surface area (Å²) in [4.78, 5) is 7.07. The minimum absolute atomic E-state index is 0.543. The summed E-state index contributed by atoms with van der Waals surface area (Å²) in [5.74, 6) is 2.52. The molecule has 0 atom stereocenters. The molecule has 114 valence electrons. The molecule has 1 aromatic heterocycles. The molecular formula is C15H29N5. The monoisotopic (exact) mass is 279 g/mol. The average Bonchev–Trinajstić information content (AvgIpc) is 2.97. The van der Waals surface area contributed by atoms with Gasteiger partial charge in [-0.25, -0.2) is 0 Å². The lowest BCUT2D eigenvalue weighted by Crippen LogP contribution is -2.41. The molecular weight excluding hydrogens is 250 g/mol. The van der Waals surface area contributed by atoms with E-state index in [9.17, 15) is 0 Å². The van der Waals surface area contributed by atoms with Crippen molar-refractivity contribution in [2.24, 2.45) is 0 Å². The van der Waals surface area contributed by atoms with Gasteiger partial charge in [0.1, 0.15) is 5.82 Å². The maximum atomic E-state index is 4.76. The summed E-state index contributed by atoms with van der Waals surface area (Å²) >= 11 is 0. The Kier molecular flexibility index (Phi) is 5.83. The first-order valence-electron chi connectivity index (χ1n) is 8.13. The van der Waals surface area contributed by atoms with Crippen molar-refractivity contribution in [3.63, 3.8) is 0 Å². The molecule has 1 aliphatic heterocycles. The molecule has 20 heavy (non-hydrogen) atoms. The Morgan fingerprint density at radius 2 is 1.90 bits per heavy atom. The smallest absolute Gasteiger partial charge is 0.244 e. The molecule has 1 aromatic rings. The maximum Gasteiger partial charge on any atom is 0.244 e. The number of hydrogen-bond donors (Lipinski definition) is 2. The van der Waals surface area contributed by atoms with Gasteiger partial charge >= 0.3 is 0 Å². The van der Waals surface area contributed by atoms with Crippen LogP contribution in [-0.2, 0) is 0 Å². The molecule has 1 fully saturated rings. The Balaban J connectivity index is 1.97. The van der Waals surface area contributed by atoms with Crippen LogP contribution in [0, 0.1) is 0 Å². The molecule has 0 amide bonds. The summed E-state index contributed by atoms with van der Waals surface area (Å²) in [5.41, 5.74) is 0. The van der Waals surface area contributed by atoms with Crippen LogP contribution in [0.4, 0.5) is 5.95 Å². The van der Waals surface area contributed by atoms with Crippen LogP contribution < -0.4 is 10.2 Å². The first-order chi connectivity index (χ1) is 9.78. The third kappa shape index (κ3) is 3.72. The summed E-state index contributed by atoms with van der Waals surface area (Å²) in [5, 5.41) is 11.0. The quantitative estimate of drug-likeness (QED) is 0.805. The van der Waals surface area contributed by atoms with Gasteiger partial charge in [-0.1, -0.05) is 26.7 Å². The molecule has 1 aliphatic rings. The number of aromatic amines is 1. The minimum atomic E-state index is 0.543. The minimum Gasteiger partial charge on any atom is -0.339 e. The van der Waals surface area contributed by atoms with E-state index in [0.29, 0.717) is 12.0 Å². The Bertz CT molecular complexity index is 375. The lowest BCUT2D eigenvalue weighted by atomic mass is 9.98. The van der Waals surface area contributed by atoms with Crippen molar-refractivity contribution in [1.82, 2.24) is 20.5 Å². The standard InChI is InChI=1S/C15H29N5/c1-4-6-12(7-5-2)14-17-15(19-18-14)20-10-8-13(16-3)9-11-20/h12-13,16H,4-11H2,1-3H3,(H,17,18,19). The fourth-order valence-corrected chi connectivity index (χ4v) is 3.07. The number of anilines is 1. The molecule has 0 unspecified atom stereocenters. The molecule has 0 aliphatic carbocycles. The fraction of sp³-hybridized carbons (Fsp3) is 0.867. The molecule has 0 saturated carbocycles. The van der Waals surface area contributed by atoms with Gasteiger partial charge in [-0.2, -0.15) is 4.98 Å². The van der Waals surface area contributed by atoms with E-state index in [0.717, 1.165) is 24.9 Å². The number of H-pyrrole nitrogens is 1. The molecule has 2 rings (SSSR count). The number of nitrogens with one attached hydrogen (secondary N) is 2. The first kappa shape index (κ1) is 15.3. The molecule has 0 spiro atoms. The van der Waals surface area contributed by atoms with Crippen LogP contribution >= 0.6 is 0 Å². The number of aromatic nitrogens is 3. The van der Waals surface area contributed by atoms with Crippen molar-refractivity contribution in [1.29, 1.82) is 0 Å². The van der Waals surface area contributed by atoms with Crippen molar-refractivity contribution >= 4 is 5.95 Å². The second kappa shape index (κ2) is 7.62. The van der Waals surface area contributed by atoms with E-state index in [4.69, 9.17) is 4.98 Å². The van der Waals surface area contributed by atoms with Gasteiger partial charge in [0, 0.05) is 25.0 Å². The molecule has 0 bridgehead atoms. The third-order valence-corrected chi connectivity index (χ3v) is 4.34. The van der Waals surface area contributed by atoms with Gasteiger partial charge in [-0.3, -0.25) is 5.10 Å². The van der Waals surface area contributed by atoms with Crippen molar-refractivity contribution in [3.05, 3.63) is 5.82 Å². The predicted octanol–water partition coefficient (Wildman–Crippen LogP) is 2.68. The number of nitrogens with zero attached hydrogens (tertiary/aromatic N) is 3. The van der Waals surface area contributed by atoms with E-state index >= 15 is 0 Å². The highest BCUT2D eigenvalue weighted by Crippen LogP contribution is 2.25. The highest BCUT2D eigenvalue weighted by Gasteiger charge is 2.22. The zero-order valence-electron chi connectivity index (χ0n) is 13.2. The van der Waals surface area contributed by atoms with Crippen LogP contribution in [0.1, 0.15) is 64.1 Å². The molecule has 2 N–H and O–H groups in total. The van der Waals surface area contributed by atoms with Crippen LogP contribution in [0.5, 0.6) is 0 Å². The largest absolute Gasteiger partial charge is 0.339 e. The van der Waals surface area contributed by atoms with E-state index in [2.05, 4.69) is 34.3 Å². The lowest BCUT2D eigenvalue weighted by molar-refractivity contribution is 0.439. The zero-order chi connectivity index (χ0) is 14.4. The molecule has 0 aromatic carbocycles. The SMILES string of the molecule is CCCC(CCC)c1nc(N2CCC(NC)CC2)n[nH]1. The highest BCUT2D eigenvalue weighted by atomic mass is 15.4. The van der Waals surface area contributed by atoms with Gasteiger partial charge in [-0.15, -0.1) is 5.10 Å². The number of rotatable bonds is 7. The topological polar surface area (TPSA) is 56.8 Å². The normalized spacial score (nSPS) is 17.1. The van der Waals surface area contributed by atoms with E-state index in [1.165, 1.54) is 38.5 Å². The maximum absolute atomic E-state index is 4.76. The Labute approximate surface area is 122 Å². The Morgan fingerprint density at radius 3 is 2.45 bits per heavy atom. The van der Waals surface area contributed by atoms with Gasteiger partial charge in [0.25, 0.3) is 0 Å². The Morgan fingerprint density at radius 1 is 1.25 bits per heavy atom. The van der Waals surface area contributed by atoms with Crippen LogP contribution in [0.2, 0.25) is 0 Å². The van der Waals surface area contributed by atoms with Crippen molar-refractivity contribution in [2.75, 3.05) is 25.0 Å². The van der Waals surface area contributed by atoms with Gasteiger partial charge < -0.3 is 10.2 Å². The van der Waals surface area contributed by atoms with Gasteiger partial charge in [0.2, 0.25) is 5.95 Å². The van der Waals surface area contributed by atoms with Crippen molar-refractivity contribution in [3.8, 4) is 0 Å². The summed E-state index contributed by atoms with van der Waals surface area (Å²) in [6, 6.07) is 0.651. The fourth-order valence-electron chi connectivity index (χ4n) is 3.07. The lowest BCUT2D eigenvalue weighted by Gasteiger charge is -2.30. The molecule has 2 heterocycles. The molecule has 5 heteroatoms. The van der Waals surface area contributed by atoms with E-state index < -0.39 is 0 Å². The van der Waals surface area contributed by atoms with Crippen molar-refractivity contribution in [2.45, 2.75) is 64.3 Å². The van der Waals surface area contributed by atoms with Gasteiger partial charge in [0.15, 0.2) is 0 Å². The van der Waals surface area contributed by atoms with Crippen LogP contribution in [-0.4, -0.2) is 41.4 Å². The third-order valence-electron chi connectivity index (χ3n) is 4.34. The Hall–Kier alpha value is -1.10. The predicted molar refractivity (Wildman–Crippen MR) is 83.2 cm³/mol. The first-order valence-corrected chi connectivity index (χ1v) is 8.13. The summed E-state index contributed by atoms with van der Waals surface area (Å²) < 4.78 is 0. The highest BCUT2D eigenvalue weighted by molar-refractivity contribution is 5.30. The summed E-state index contributed by atoms with van der Waals surface area (Å²) in [6.07, 6.45) is 7.15. The average molecular weight is 279 g/mol.